The summed E-state index contributed by atoms with van der Waals surface area (Å²) in [6.07, 6.45) is 38.1. The third kappa shape index (κ3) is 28.4. The number of hydrogen-bond donors (Lipinski definition) is 1. The molecule has 0 aliphatic rings. The second-order valence-electron chi connectivity index (χ2n) is 10.6. The first-order valence-electron chi connectivity index (χ1n) is 15.4. The summed E-state index contributed by atoms with van der Waals surface area (Å²) in [7, 11) is 0. The van der Waals surface area contributed by atoms with E-state index in [2.05, 4.69) is 6.92 Å². The largest absolute Gasteiger partial charge is 0.276 e. The number of amides is 1. The minimum absolute atomic E-state index is 0.180. The Hall–Kier alpha value is 0.160. The summed E-state index contributed by atoms with van der Waals surface area (Å²) in [5, 5.41) is 8.99. The molecule has 0 aliphatic heterocycles. The van der Waals surface area contributed by atoms with Crippen molar-refractivity contribution >= 4 is 28.8 Å². The van der Waals surface area contributed by atoms with Crippen molar-refractivity contribution in [3.63, 3.8) is 0 Å². The van der Waals surface area contributed by atoms with Crippen LogP contribution >= 0.6 is 22.9 Å². The molecule has 0 radical (unpaired) electrons. The maximum absolute atomic E-state index is 11.3. The number of rotatable bonds is 28. The molecule has 0 saturated carbocycles. The Labute approximate surface area is 228 Å². The zero-order valence-corrected chi connectivity index (χ0v) is 25.1. The van der Waals surface area contributed by atoms with Crippen LogP contribution in [0.1, 0.15) is 187 Å². The van der Waals surface area contributed by atoms with Gasteiger partial charge >= 0.3 is 0 Å². The van der Waals surface area contributed by atoms with Crippen molar-refractivity contribution in [1.82, 2.24) is 3.28 Å². The van der Waals surface area contributed by atoms with Gasteiger partial charge in [0.15, 0.2) is 0 Å². The normalized spacial score (nSPS) is 11.3. The molecule has 0 aromatic rings. The highest BCUT2D eigenvalue weighted by Crippen LogP contribution is 2.16. The second kappa shape index (κ2) is 29.4. The van der Waals surface area contributed by atoms with Gasteiger partial charge in [-0.15, -0.1) is 0 Å². The summed E-state index contributed by atoms with van der Waals surface area (Å²) in [5.74, 6) is -0.180. The van der Waals surface area contributed by atoms with Crippen molar-refractivity contribution < 1.29 is 10.0 Å². The van der Waals surface area contributed by atoms with Gasteiger partial charge in [-0.2, -0.15) is 3.28 Å². The number of halogens is 1. The Morgan fingerprint density at radius 2 is 0.676 bits per heavy atom. The third-order valence-corrected chi connectivity index (χ3v) is 7.74. The zero-order valence-electron chi connectivity index (χ0n) is 23.0. The molecule has 204 valence electrons. The molecule has 34 heavy (non-hydrogen) atoms. The van der Waals surface area contributed by atoms with E-state index in [-0.39, 0.29) is 5.91 Å². The lowest BCUT2D eigenvalue weighted by Crippen LogP contribution is -2.15. The summed E-state index contributed by atoms with van der Waals surface area (Å²) in [5.41, 5.74) is 0. The molecule has 3 nitrogen and oxygen atoms in total. The fraction of sp³-hybridized carbons (Fsp3) is 0.967. The average Bonchev–Trinajstić information content (AvgIpc) is 2.83. The van der Waals surface area contributed by atoms with E-state index >= 15 is 0 Å². The number of carbonyl (C=O) groups is 1. The number of nitrogens with zero attached hydrogens (tertiary/aromatic N) is 1. The van der Waals surface area contributed by atoms with Gasteiger partial charge in [0, 0.05) is 6.42 Å². The monoisotopic (exact) mass is 593 g/mol. The highest BCUT2D eigenvalue weighted by Gasteiger charge is 2.05. The van der Waals surface area contributed by atoms with Gasteiger partial charge in [0.2, 0.25) is 0 Å². The molecule has 4 heteroatoms. The minimum atomic E-state index is -0.180. The Morgan fingerprint density at radius 1 is 0.471 bits per heavy atom. The van der Waals surface area contributed by atoms with Crippen molar-refractivity contribution in [2.75, 3.05) is 0 Å². The van der Waals surface area contributed by atoms with Crippen LogP contribution in [0.5, 0.6) is 0 Å². The number of carbonyl (C=O) groups excluding carboxylic acids is 1. The molecule has 0 saturated heterocycles. The van der Waals surface area contributed by atoms with Crippen LogP contribution in [0.15, 0.2) is 0 Å². The highest BCUT2D eigenvalue weighted by molar-refractivity contribution is 14.1. The Bertz CT molecular complexity index is 403. The fourth-order valence-electron chi connectivity index (χ4n) is 4.86. The average molecular weight is 594 g/mol. The Morgan fingerprint density at radius 3 is 0.882 bits per heavy atom. The number of hydrogen-bond acceptors (Lipinski definition) is 2. The van der Waals surface area contributed by atoms with Gasteiger partial charge in [-0.3, -0.25) is 10.0 Å². The molecule has 0 spiro atoms. The summed E-state index contributed by atoms with van der Waals surface area (Å²) < 4.78 is 0.679. The van der Waals surface area contributed by atoms with Gasteiger partial charge in [0.25, 0.3) is 5.91 Å². The second-order valence-corrected chi connectivity index (χ2v) is 11.5. The van der Waals surface area contributed by atoms with Crippen LogP contribution in [0.4, 0.5) is 0 Å². The summed E-state index contributed by atoms with van der Waals surface area (Å²) in [4.78, 5) is 11.3. The highest BCUT2D eigenvalue weighted by atomic mass is 127. The number of hydroxylamine groups is 1. The van der Waals surface area contributed by atoms with Gasteiger partial charge in [0.05, 0.1) is 22.9 Å². The van der Waals surface area contributed by atoms with Gasteiger partial charge in [-0.1, -0.05) is 174 Å². The SMILES string of the molecule is CCCCCCCCCCCCCCCCCCCCCCCCCCCCCC(=O)N(O)I. The molecule has 0 fully saturated rings. The molecule has 0 aromatic heterocycles. The van der Waals surface area contributed by atoms with E-state index in [9.17, 15) is 4.79 Å². The molecular formula is C30H60INO2. The van der Waals surface area contributed by atoms with E-state index in [1.807, 2.05) is 0 Å². The van der Waals surface area contributed by atoms with E-state index < -0.39 is 0 Å². The van der Waals surface area contributed by atoms with Crippen LogP contribution in [0.25, 0.3) is 0 Å². The molecule has 0 bridgehead atoms. The maximum atomic E-state index is 11.3. The molecule has 0 atom stereocenters. The summed E-state index contributed by atoms with van der Waals surface area (Å²) in [6.45, 7) is 2.30. The van der Waals surface area contributed by atoms with Crippen molar-refractivity contribution in [3.05, 3.63) is 0 Å². The van der Waals surface area contributed by atoms with Crippen LogP contribution in [0, 0.1) is 0 Å². The third-order valence-electron chi connectivity index (χ3n) is 7.20. The van der Waals surface area contributed by atoms with Gasteiger partial charge in [-0.05, 0) is 6.42 Å². The van der Waals surface area contributed by atoms with Crippen LogP contribution < -0.4 is 0 Å². The predicted octanol–water partition coefficient (Wildman–Crippen LogP) is 11.5. The van der Waals surface area contributed by atoms with Crippen molar-refractivity contribution in [1.29, 1.82) is 0 Å². The van der Waals surface area contributed by atoms with Gasteiger partial charge in [0.1, 0.15) is 0 Å². The van der Waals surface area contributed by atoms with Crippen LogP contribution in [0.2, 0.25) is 0 Å². The first-order valence-corrected chi connectivity index (χ1v) is 16.3. The van der Waals surface area contributed by atoms with Crippen molar-refractivity contribution in [2.45, 2.75) is 187 Å². The Kier molecular flexibility index (Phi) is 29.5. The zero-order chi connectivity index (χ0) is 25.0. The Balaban J connectivity index is 3.05. The van der Waals surface area contributed by atoms with E-state index in [1.54, 1.807) is 22.9 Å². The van der Waals surface area contributed by atoms with Gasteiger partial charge < -0.3 is 0 Å². The van der Waals surface area contributed by atoms with E-state index in [0.29, 0.717) is 9.70 Å². The van der Waals surface area contributed by atoms with Crippen LogP contribution in [-0.4, -0.2) is 14.4 Å². The van der Waals surface area contributed by atoms with Crippen LogP contribution in [0.3, 0.4) is 0 Å². The first kappa shape index (κ1) is 34.2. The molecule has 1 amide bonds. The lowest BCUT2D eigenvalue weighted by Gasteiger charge is -2.05. The molecule has 0 unspecified atom stereocenters. The minimum Gasteiger partial charge on any atom is -0.276 e. The molecule has 0 rings (SSSR count). The first-order chi connectivity index (χ1) is 16.7. The van der Waals surface area contributed by atoms with E-state index in [1.165, 1.54) is 161 Å². The quantitative estimate of drug-likeness (QED) is 0.0322. The van der Waals surface area contributed by atoms with E-state index in [4.69, 9.17) is 5.21 Å². The maximum Gasteiger partial charge on any atom is 0.255 e. The summed E-state index contributed by atoms with van der Waals surface area (Å²) in [6, 6.07) is 0. The van der Waals surface area contributed by atoms with Crippen molar-refractivity contribution in [2.24, 2.45) is 0 Å². The smallest absolute Gasteiger partial charge is 0.255 e. The number of unbranched alkanes of at least 4 members (excludes halogenated alkanes) is 26. The van der Waals surface area contributed by atoms with Crippen molar-refractivity contribution in [3.8, 4) is 0 Å². The lowest BCUT2D eigenvalue weighted by atomic mass is 10.0. The van der Waals surface area contributed by atoms with Gasteiger partial charge in [-0.25, -0.2) is 0 Å². The van der Waals surface area contributed by atoms with E-state index in [0.717, 1.165) is 12.8 Å². The fourth-order valence-corrected chi connectivity index (χ4v) is 5.10. The molecule has 0 aromatic carbocycles. The predicted molar refractivity (Wildman–Crippen MR) is 158 cm³/mol. The summed E-state index contributed by atoms with van der Waals surface area (Å²) >= 11 is 1.62. The molecule has 0 aliphatic carbocycles. The molecule has 0 heterocycles. The molecule has 1 N–H and O–H groups in total. The topological polar surface area (TPSA) is 40.5 Å². The lowest BCUT2D eigenvalue weighted by molar-refractivity contribution is -0.141. The van der Waals surface area contributed by atoms with Crippen LogP contribution in [-0.2, 0) is 4.79 Å². The standard InChI is InChI=1S/C30H60INO2/c1-2-3-4-5-6-7-8-9-10-11-12-13-14-15-16-17-18-19-20-21-22-23-24-25-26-27-28-29-30(33)32(31)34/h34H,2-29H2,1H3. The molecular weight excluding hydrogens is 533 g/mol.